The highest BCUT2D eigenvalue weighted by atomic mass is 16.2. The van der Waals surface area contributed by atoms with Crippen LogP contribution in [0.2, 0.25) is 0 Å². The normalized spacial score (nSPS) is 19.2. The molecule has 1 aromatic rings. The topological polar surface area (TPSA) is 58.2 Å². The van der Waals surface area contributed by atoms with Gasteiger partial charge >= 0.3 is 11.8 Å². The Labute approximate surface area is 144 Å². The zero-order chi connectivity index (χ0) is 16.9. The van der Waals surface area contributed by atoms with Crippen LogP contribution in [-0.4, -0.2) is 17.9 Å². The summed E-state index contributed by atoms with van der Waals surface area (Å²) in [5.41, 5.74) is 3.90. The van der Waals surface area contributed by atoms with E-state index in [0.717, 1.165) is 44.1 Å². The van der Waals surface area contributed by atoms with Crippen LogP contribution in [0.1, 0.15) is 74.6 Å². The van der Waals surface area contributed by atoms with Gasteiger partial charge in [-0.1, -0.05) is 37.5 Å². The first-order valence-electron chi connectivity index (χ1n) is 9.36. The van der Waals surface area contributed by atoms with Crippen molar-refractivity contribution in [2.45, 2.75) is 76.8 Å². The lowest BCUT2D eigenvalue weighted by atomic mass is 9.89. The second-order valence-electron chi connectivity index (χ2n) is 7.24. The summed E-state index contributed by atoms with van der Waals surface area (Å²) in [5, 5.41) is 5.72. The fraction of sp³-hybridized carbons (Fsp3) is 0.600. The van der Waals surface area contributed by atoms with Crippen molar-refractivity contribution in [3.63, 3.8) is 0 Å². The zero-order valence-electron chi connectivity index (χ0n) is 14.6. The van der Waals surface area contributed by atoms with Gasteiger partial charge in [0.05, 0.1) is 6.04 Å². The van der Waals surface area contributed by atoms with Gasteiger partial charge in [0, 0.05) is 6.04 Å². The number of rotatable bonds is 3. The Bertz CT molecular complexity index is 606. The van der Waals surface area contributed by atoms with E-state index in [1.807, 2.05) is 6.92 Å². The number of benzene rings is 1. The van der Waals surface area contributed by atoms with E-state index in [1.54, 1.807) is 0 Å². The minimum Gasteiger partial charge on any atom is -0.345 e. The van der Waals surface area contributed by atoms with Gasteiger partial charge in [0.2, 0.25) is 0 Å². The molecular formula is C20H28N2O2. The Morgan fingerprint density at radius 3 is 2.42 bits per heavy atom. The standard InChI is InChI=1S/C20H28N2O2/c1-14(16-12-11-15-7-5-6-8-17(15)13-16)21-19(23)20(24)22-18-9-3-2-4-10-18/h11-14,18H,2-10H2,1H3,(H,21,23)(H,22,24). The van der Waals surface area contributed by atoms with Crippen LogP contribution in [0.25, 0.3) is 0 Å². The lowest BCUT2D eigenvalue weighted by Crippen LogP contribution is -2.45. The van der Waals surface area contributed by atoms with E-state index in [2.05, 4.69) is 28.8 Å². The van der Waals surface area contributed by atoms with E-state index >= 15 is 0 Å². The number of hydrogen-bond donors (Lipinski definition) is 2. The molecular weight excluding hydrogens is 300 g/mol. The summed E-state index contributed by atoms with van der Waals surface area (Å²) in [7, 11) is 0. The molecule has 0 spiro atoms. The summed E-state index contributed by atoms with van der Waals surface area (Å²) in [5.74, 6) is -1.02. The molecule has 0 saturated heterocycles. The highest BCUT2D eigenvalue weighted by molar-refractivity contribution is 6.35. The summed E-state index contributed by atoms with van der Waals surface area (Å²) in [6.07, 6.45) is 10.2. The molecule has 2 aliphatic carbocycles. The van der Waals surface area contributed by atoms with Crippen LogP contribution in [0, 0.1) is 0 Å². The van der Waals surface area contributed by atoms with Gasteiger partial charge in [0.15, 0.2) is 0 Å². The van der Waals surface area contributed by atoms with Crippen LogP contribution < -0.4 is 10.6 Å². The maximum Gasteiger partial charge on any atom is 0.309 e. The number of fused-ring (bicyclic) bond motifs is 1. The molecule has 2 aliphatic rings. The highest BCUT2D eigenvalue weighted by Crippen LogP contribution is 2.24. The molecule has 0 aliphatic heterocycles. The van der Waals surface area contributed by atoms with E-state index in [-0.39, 0.29) is 12.1 Å². The smallest absolute Gasteiger partial charge is 0.309 e. The molecule has 24 heavy (non-hydrogen) atoms. The molecule has 4 nitrogen and oxygen atoms in total. The van der Waals surface area contributed by atoms with Crippen LogP contribution in [0.15, 0.2) is 18.2 Å². The second-order valence-corrected chi connectivity index (χ2v) is 7.24. The molecule has 2 amide bonds. The van der Waals surface area contributed by atoms with Crippen LogP contribution >= 0.6 is 0 Å². The Hall–Kier alpha value is -1.84. The summed E-state index contributed by atoms with van der Waals surface area (Å²) < 4.78 is 0. The maximum absolute atomic E-state index is 12.2. The zero-order valence-corrected chi connectivity index (χ0v) is 14.6. The van der Waals surface area contributed by atoms with Crippen LogP contribution in [-0.2, 0) is 22.4 Å². The average Bonchev–Trinajstić information content (AvgIpc) is 2.62. The fourth-order valence-corrected chi connectivity index (χ4v) is 3.87. The molecule has 1 atom stereocenters. The SMILES string of the molecule is CC(NC(=O)C(=O)NC1CCCCC1)c1ccc2c(c1)CCCC2. The molecule has 4 heteroatoms. The number of carbonyl (C=O) groups is 2. The first-order valence-corrected chi connectivity index (χ1v) is 9.36. The van der Waals surface area contributed by atoms with Gasteiger partial charge in [-0.25, -0.2) is 0 Å². The fourth-order valence-electron chi connectivity index (χ4n) is 3.87. The molecule has 1 saturated carbocycles. The molecule has 130 valence electrons. The number of aryl methyl sites for hydroxylation is 2. The summed E-state index contributed by atoms with van der Waals surface area (Å²) in [6.45, 7) is 1.94. The Kier molecular flexibility index (Phi) is 5.54. The molecule has 2 N–H and O–H groups in total. The number of amides is 2. The molecule has 0 aromatic heterocycles. The summed E-state index contributed by atoms with van der Waals surface area (Å²) in [6, 6.07) is 6.46. The first kappa shape index (κ1) is 17.0. The maximum atomic E-state index is 12.2. The number of hydrogen-bond acceptors (Lipinski definition) is 2. The van der Waals surface area contributed by atoms with Crippen molar-refractivity contribution < 1.29 is 9.59 Å². The highest BCUT2D eigenvalue weighted by Gasteiger charge is 2.22. The molecule has 3 rings (SSSR count). The predicted octanol–water partition coefficient (Wildman–Crippen LogP) is 3.19. The monoisotopic (exact) mass is 328 g/mol. The average molecular weight is 328 g/mol. The molecule has 1 unspecified atom stereocenters. The number of carbonyl (C=O) groups excluding carboxylic acids is 2. The van der Waals surface area contributed by atoms with Gasteiger partial charge in [-0.2, -0.15) is 0 Å². The van der Waals surface area contributed by atoms with Gasteiger partial charge in [0.25, 0.3) is 0 Å². The predicted molar refractivity (Wildman–Crippen MR) is 94.7 cm³/mol. The second kappa shape index (κ2) is 7.82. The number of nitrogens with one attached hydrogen (secondary N) is 2. The van der Waals surface area contributed by atoms with Gasteiger partial charge in [0.1, 0.15) is 0 Å². The third-order valence-electron chi connectivity index (χ3n) is 5.37. The lowest BCUT2D eigenvalue weighted by Gasteiger charge is -2.23. The van der Waals surface area contributed by atoms with Crippen molar-refractivity contribution in [2.24, 2.45) is 0 Å². The lowest BCUT2D eigenvalue weighted by molar-refractivity contribution is -0.140. The molecule has 0 heterocycles. The Morgan fingerprint density at radius 2 is 1.67 bits per heavy atom. The third kappa shape index (κ3) is 4.16. The Morgan fingerprint density at radius 1 is 0.958 bits per heavy atom. The minimum absolute atomic E-state index is 0.151. The molecule has 0 radical (unpaired) electrons. The van der Waals surface area contributed by atoms with E-state index in [0.29, 0.717) is 0 Å². The van der Waals surface area contributed by atoms with Crippen LogP contribution in [0.4, 0.5) is 0 Å². The van der Waals surface area contributed by atoms with E-state index in [9.17, 15) is 9.59 Å². The first-order chi connectivity index (χ1) is 11.6. The van der Waals surface area contributed by atoms with Crippen molar-refractivity contribution in [2.75, 3.05) is 0 Å². The van der Waals surface area contributed by atoms with Gasteiger partial charge in [-0.3, -0.25) is 9.59 Å². The summed E-state index contributed by atoms with van der Waals surface area (Å²) >= 11 is 0. The van der Waals surface area contributed by atoms with E-state index in [4.69, 9.17) is 0 Å². The minimum atomic E-state index is -0.522. The van der Waals surface area contributed by atoms with Crippen molar-refractivity contribution in [1.29, 1.82) is 0 Å². The Balaban J connectivity index is 1.56. The van der Waals surface area contributed by atoms with Crippen LogP contribution in [0.5, 0.6) is 0 Å². The summed E-state index contributed by atoms with van der Waals surface area (Å²) in [4.78, 5) is 24.3. The van der Waals surface area contributed by atoms with Crippen molar-refractivity contribution in [3.8, 4) is 0 Å². The van der Waals surface area contributed by atoms with Crippen molar-refractivity contribution >= 4 is 11.8 Å². The van der Waals surface area contributed by atoms with Gasteiger partial charge < -0.3 is 10.6 Å². The molecule has 1 fully saturated rings. The van der Waals surface area contributed by atoms with Crippen molar-refractivity contribution in [1.82, 2.24) is 10.6 Å². The van der Waals surface area contributed by atoms with E-state index in [1.165, 1.54) is 30.4 Å². The van der Waals surface area contributed by atoms with Gasteiger partial charge in [-0.05, 0) is 62.1 Å². The third-order valence-corrected chi connectivity index (χ3v) is 5.37. The van der Waals surface area contributed by atoms with E-state index < -0.39 is 11.8 Å². The molecule has 1 aromatic carbocycles. The van der Waals surface area contributed by atoms with Crippen molar-refractivity contribution in [3.05, 3.63) is 34.9 Å². The van der Waals surface area contributed by atoms with Gasteiger partial charge in [-0.15, -0.1) is 0 Å². The molecule has 0 bridgehead atoms. The quantitative estimate of drug-likeness (QED) is 0.837. The largest absolute Gasteiger partial charge is 0.345 e. The van der Waals surface area contributed by atoms with Crippen LogP contribution in [0.3, 0.4) is 0 Å².